The monoisotopic (exact) mass is 448 g/mol. The Morgan fingerprint density at radius 2 is 1.77 bits per heavy atom. The maximum absolute atomic E-state index is 13.1. The molecule has 1 unspecified atom stereocenters. The molecule has 2 amide bonds. The van der Waals surface area contributed by atoms with Crippen LogP contribution in [0.3, 0.4) is 0 Å². The van der Waals surface area contributed by atoms with Crippen LogP contribution in [0, 0.1) is 13.8 Å². The van der Waals surface area contributed by atoms with Gasteiger partial charge in [-0.3, -0.25) is 9.59 Å². The summed E-state index contributed by atoms with van der Waals surface area (Å²) in [6, 6.07) is 7.08. The molecule has 2 aliphatic rings. The number of fused-ring (bicyclic) bond motifs is 1. The van der Waals surface area contributed by atoms with Crippen molar-refractivity contribution < 1.29 is 27.3 Å². The molecule has 1 aromatic carbocycles. The lowest BCUT2D eigenvalue weighted by Crippen LogP contribution is -2.56. The van der Waals surface area contributed by atoms with Crippen molar-refractivity contribution in [3.05, 3.63) is 35.7 Å². The van der Waals surface area contributed by atoms with Crippen molar-refractivity contribution in [1.82, 2.24) is 14.4 Å². The van der Waals surface area contributed by atoms with Gasteiger partial charge in [0.25, 0.3) is 5.91 Å². The molecule has 2 aliphatic heterocycles. The van der Waals surface area contributed by atoms with Gasteiger partial charge in [0.1, 0.15) is 16.3 Å². The van der Waals surface area contributed by atoms with Crippen molar-refractivity contribution in [2.45, 2.75) is 31.8 Å². The fourth-order valence-electron chi connectivity index (χ4n) is 3.99. The molecule has 4 rings (SSSR count). The third kappa shape index (κ3) is 3.79. The molecule has 1 fully saturated rings. The largest absolute Gasteiger partial charge is 0.476 e. The van der Waals surface area contributed by atoms with E-state index in [0.717, 1.165) is 0 Å². The molecule has 10 nitrogen and oxygen atoms in total. The van der Waals surface area contributed by atoms with Gasteiger partial charge < -0.3 is 19.1 Å². The molecule has 166 valence electrons. The normalized spacial score (nSPS) is 19.6. The Bertz CT molecular complexity index is 1100. The van der Waals surface area contributed by atoms with E-state index in [-0.39, 0.29) is 55.2 Å². The summed E-state index contributed by atoms with van der Waals surface area (Å²) in [4.78, 5) is 28.4. The Labute approximate surface area is 180 Å². The van der Waals surface area contributed by atoms with Crippen LogP contribution in [-0.4, -0.2) is 73.4 Å². The first-order chi connectivity index (χ1) is 14.7. The number of sulfonamides is 1. The number of amides is 2. The van der Waals surface area contributed by atoms with E-state index in [2.05, 4.69) is 5.16 Å². The topological polar surface area (TPSA) is 113 Å². The van der Waals surface area contributed by atoms with Crippen molar-refractivity contribution in [2.75, 3.05) is 37.6 Å². The van der Waals surface area contributed by atoms with E-state index < -0.39 is 16.1 Å². The molecule has 0 bridgehead atoms. The number of hydrogen-bond acceptors (Lipinski definition) is 7. The second-order valence-corrected chi connectivity index (χ2v) is 9.46. The second-order valence-electron chi connectivity index (χ2n) is 7.59. The molecule has 1 saturated heterocycles. The molecule has 0 radical (unpaired) electrons. The highest BCUT2D eigenvalue weighted by atomic mass is 32.2. The Morgan fingerprint density at radius 3 is 2.39 bits per heavy atom. The quantitative estimate of drug-likeness (QED) is 0.687. The Hall–Kier alpha value is -2.92. The van der Waals surface area contributed by atoms with Gasteiger partial charge in [-0.25, -0.2) is 8.42 Å². The van der Waals surface area contributed by atoms with E-state index in [1.807, 2.05) is 0 Å². The van der Waals surface area contributed by atoms with Gasteiger partial charge in [-0.05, 0) is 26.0 Å². The van der Waals surface area contributed by atoms with Gasteiger partial charge in [-0.15, -0.1) is 0 Å². The van der Waals surface area contributed by atoms with E-state index in [4.69, 9.17) is 9.26 Å². The smallest absolute Gasteiger partial charge is 0.265 e. The van der Waals surface area contributed by atoms with Gasteiger partial charge in [0.05, 0.1) is 12.2 Å². The Balaban J connectivity index is 1.46. The lowest BCUT2D eigenvalue weighted by molar-refractivity contribution is -0.140. The first-order valence-electron chi connectivity index (χ1n) is 9.95. The predicted molar refractivity (Wildman–Crippen MR) is 110 cm³/mol. The zero-order valence-corrected chi connectivity index (χ0v) is 18.4. The summed E-state index contributed by atoms with van der Waals surface area (Å²) in [7, 11) is -3.76. The van der Waals surface area contributed by atoms with Crippen LogP contribution in [0.25, 0.3) is 0 Å². The van der Waals surface area contributed by atoms with Crippen LogP contribution < -0.4 is 9.64 Å². The zero-order valence-electron chi connectivity index (χ0n) is 17.6. The zero-order chi connectivity index (χ0) is 22.3. The summed E-state index contributed by atoms with van der Waals surface area (Å²) in [5.41, 5.74) is 0.948. The van der Waals surface area contributed by atoms with E-state index in [9.17, 15) is 18.0 Å². The van der Waals surface area contributed by atoms with Gasteiger partial charge in [-0.1, -0.05) is 17.3 Å². The van der Waals surface area contributed by atoms with Crippen LogP contribution in [0.4, 0.5) is 5.69 Å². The summed E-state index contributed by atoms with van der Waals surface area (Å²) in [6.45, 7) is 5.46. The number of para-hydroxylation sites is 2. The molecule has 11 heteroatoms. The summed E-state index contributed by atoms with van der Waals surface area (Å²) < 4.78 is 38.2. The molecule has 1 aromatic heterocycles. The molecule has 2 aromatic rings. The van der Waals surface area contributed by atoms with Crippen LogP contribution in [0.1, 0.15) is 18.4 Å². The van der Waals surface area contributed by atoms with Crippen molar-refractivity contribution >= 4 is 27.5 Å². The number of piperazine rings is 1. The number of aryl methyl sites for hydroxylation is 2. The van der Waals surface area contributed by atoms with Crippen LogP contribution in [0.5, 0.6) is 5.75 Å². The van der Waals surface area contributed by atoms with E-state index in [0.29, 0.717) is 17.1 Å². The molecule has 0 N–H and O–H groups in total. The summed E-state index contributed by atoms with van der Waals surface area (Å²) in [5, 5.41) is 3.73. The molecule has 1 atom stereocenters. The average Bonchev–Trinajstić information content (AvgIpc) is 3.11. The van der Waals surface area contributed by atoms with Crippen LogP contribution in [-0.2, 0) is 19.6 Å². The van der Waals surface area contributed by atoms with Crippen molar-refractivity contribution in [2.24, 2.45) is 0 Å². The van der Waals surface area contributed by atoms with Crippen LogP contribution >= 0.6 is 0 Å². The summed E-state index contributed by atoms with van der Waals surface area (Å²) >= 11 is 0. The number of anilines is 1. The lowest BCUT2D eigenvalue weighted by Gasteiger charge is -2.38. The maximum atomic E-state index is 13.1. The van der Waals surface area contributed by atoms with Gasteiger partial charge in [0.2, 0.25) is 15.9 Å². The number of hydrogen-bond donors (Lipinski definition) is 0. The highest BCUT2D eigenvalue weighted by molar-refractivity contribution is 7.89. The molecule has 31 heavy (non-hydrogen) atoms. The molecule has 0 saturated carbocycles. The minimum Gasteiger partial charge on any atom is -0.476 e. The number of aromatic nitrogens is 1. The number of carbonyl (C=O) groups is 2. The number of carbonyl (C=O) groups excluding carboxylic acids is 2. The summed E-state index contributed by atoms with van der Waals surface area (Å²) in [6.07, 6.45) is -0.843. The number of nitrogens with zero attached hydrogens (tertiary/aromatic N) is 4. The number of benzene rings is 1. The Kier molecular flexibility index (Phi) is 5.48. The number of ether oxygens (including phenoxy) is 1. The predicted octanol–water partition coefficient (Wildman–Crippen LogP) is 0.938. The summed E-state index contributed by atoms with van der Waals surface area (Å²) in [5.74, 6) is 0.274. The Morgan fingerprint density at radius 1 is 1.10 bits per heavy atom. The standard InChI is InChI=1S/C20H24N4O6S/c1-13-19(14(2)30-21-13)31(27,28)23-10-8-22(9-11-23)20(26)18-12-24(15(3)25)16-6-4-5-7-17(16)29-18/h4-7,18H,8-12H2,1-3H3. The van der Waals surface area contributed by atoms with Gasteiger partial charge in [-0.2, -0.15) is 4.31 Å². The van der Waals surface area contributed by atoms with E-state index in [1.54, 1.807) is 43.0 Å². The first kappa shape index (κ1) is 21.3. The van der Waals surface area contributed by atoms with Crippen LogP contribution in [0.2, 0.25) is 0 Å². The van der Waals surface area contributed by atoms with Crippen molar-refractivity contribution in [3.8, 4) is 5.75 Å². The number of rotatable bonds is 3. The van der Waals surface area contributed by atoms with Gasteiger partial charge in [0.15, 0.2) is 11.9 Å². The highest BCUT2D eigenvalue weighted by Gasteiger charge is 2.38. The van der Waals surface area contributed by atoms with Gasteiger partial charge >= 0.3 is 0 Å². The van der Waals surface area contributed by atoms with Crippen molar-refractivity contribution in [3.63, 3.8) is 0 Å². The third-order valence-corrected chi connectivity index (χ3v) is 7.69. The first-order valence-corrected chi connectivity index (χ1v) is 11.4. The molecule has 3 heterocycles. The second kappa shape index (κ2) is 7.97. The lowest BCUT2D eigenvalue weighted by atomic mass is 10.1. The van der Waals surface area contributed by atoms with E-state index >= 15 is 0 Å². The minimum absolute atomic E-state index is 0.0802. The fourth-order valence-corrected chi connectivity index (χ4v) is 5.70. The molecule has 0 aliphatic carbocycles. The SMILES string of the molecule is CC(=O)N1CC(C(=O)N2CCN(S(=O)(=O)c3c(C)noc3C)CC2)Oc2ccccc21. The van der Waals surface area contributed by atoms with Gasteiger partial charge in [0, 0.05) is 33.1 Å². The molecular formula is C20H24N4O6S. The third-order valence-electron chi connectivity index (χ3n) is 5.55. The molecular weight excluding hydrogens is 424 g/mol. The maximum Gasteiger partial charge on any atom is 0.265 e. The minimum atomic E-state index is -3.76. The fraction of sp³-hybridized carbons (Fsp3) is 0.450. The van der Waals surface area contributed by atoms with Crippen molar-refractivity contribution in [1.29, 1.82) is 0 Å². The van der Waals surface area contributed by atoms with Crippen LogP contribution in [0.15, 0.2) is 33.7 Å². The average molecular weight is 449 g/mol. The van der Waals surface area contributed by atoms with E-state index in [1.165, 1.54) is 16.1 Å². The highest BCUT2D eigenvalue weighted by Crippen LogP contribution is 2.33. The molecule has 0 spiro atoms.